The van der Waals surface area contributed by atoms with Gasteiger partial charge in [-0.1, -0.05) is 6.58 Å². The summed E-state index contributed by atoms with van der Waals surface area (Å²) in [6, 6.07) is 6.76. The second-order valence-corrected chi connectivity index (χ2v) is 6.58. The molecule has 27 heavy (non-hydrogen) atoms. The molecule has 8 nitrogen and oxygen atoms in total. The summed E-state index contributed by atoms with van der Waals surface area (Å²) in [6.07, 6.45) is 4.52. The average Bonchev–Trinajstić information content (AvgIpc) is 3.09. The molecular weight excluding hydrogens is 344 g/mol. The third-order valence-electron chi connectivity index (χ3n) is 4.89. The number of hydrogen-bond donors (Lipinski definition) is 2. The predicted octanol–water partition coefficient (Wildman–Crippen LogP) is 2.13. The number of nitrogen functional groups attached to an aromatic ring is 1. The number of carbonyl (C=O) groups excluding carboxylic acids is 1. The topological polar surface area (TPSA) is 110 Å². The number of carbonyl (C=O) groups is 1. The van der Waals surface area contributed by atoms with E-state index in [9.17, 15) is 9.90 Å². The zero-order valence-electron chi connectivity index (χ0n) is 14.7. The fourth-order valence-corrected chi connectivity index (χ4v) is 3.56. The third-order valence-corrected chi connectivity index (χ3v) is 4.89. The van der Waals surface area contributed by atoms with Crippen LogP contribution in [0.25, 0.3) is 22.3 Å². The smallest absolute Gasteiger partial charge is 0.246 e. The van der Waals surface area contributed by atoms with Crippen LogP contribution in [0.4, 0.5) is 5.82 Å². The Balaban J connectivity index is 1.82. The monoisotopic (exact) mass is 364 g/mol. The molecule has 1 aliphatic heterocycles. The van der Waals surface area contributed by atoms with E-state index in [0.29, 0.717) is 35.6 Å². The van der Waals surface area contributed by atoms with Crippen LogP contribution in [0.2, 0.25) is 0 Å². The number of rotatable bonds is 3. The van der Waals surface area contributed by atoms with Crippen LogP contribution in [0.3, 0.4) is 0 Å². The second-order valence-electron chi connectivity index (χ2n) is 6.58. The van der Waals surface area contributed by atoms with E-state index in [0.717, 1.165) is 18.4 Å². The summed E-state index contributed by atoms with van der Waals surface area (Å²) in [5.41, 5.74) is 8.25. The molecule has 0 unspecified atom stereocenters. The number of likely N-dealkylation sites (tertiary alicyclic amines) is 1. The highest BCUT2D eigenvalue weighted by atomic mass is 16.3. The number of nitrogens with two attached hydrogens (primary N) is 1. The van der Waals surface area contributed by atoms with E-state index in [4.69, 9.17) is 10.8 Å². The van der Waals surface area contributed by atoms with E-state index < -0.39 is 0 Å². The van der Waals surface area contributed by atoms with E-state index in [-0.39, 0.29) is 17.7 Å². The molecule has 1 atom stereocenters. The first-order chi connectivity index (χ1) is 13.1. The quantitative estimate of drug-likeness (QED) is 0.689. The molecule has 1 aromatic carbocycles. The molecule has 3 heterocycles. The lowest BCUT2D eigenvalue weighted by Crippen LogP contribution is -2.40. The average molecular weight is 364 g/mol. The number of hydrogen-bond acceptors (Lipinski definition) is 6. The predicted molar refractivity (Wildman–Crippen MR) is 102 cm³/mol. The number of anilines is 1. The van der Waals surface area contributed by atoms with Crippen molar-refractivity contribution in [3.05, 3.63) is 43.2 Å². The Morgan fingerprint density at radius 2 is 2.07 bits per heavy atom. The molecule has 0 saturated carbocycles. The van der Waals surface area contributed by atoms with Gasteiger partial charge < -0.3 is 15.7 Å². The summed E-state index contributed by atoms with van der Waals surface area (Å²) in [6.45, 7) is 4.83. The molecule has 1 amide bonds. The minimum atomic E-state index is -0.0796. The molecule has 0 spiro atoms. The van der Waals surface area contributed by atoms with Crippen molar-refractivity contribution in [2.24, 2.45) is 0 Å². The van der Waals surface area contributed by atoms with Gasteiger partial charge >= 0.3 is 0 Å². The van der Waals surface area contributed by atoms with Crippen LogP contribution in [0, 0.1) is 0 Å². The zero-order valence-corrected chi connectivity index (χ0v) is 14.7. The molecule has 8 heteroatoms. The lowest BCUT2D eigenvalue weighted by molar-refractivity contribution is -0.127. The van der Waals surface area contributed by atoms with E-state index in [2.05, 4.69) is 16.5 Å². The van der Waals surface area contributed by atoms with Crippen LogP contribution in [-0.2, 0) is 4.79 Å². The van der Waals surface area contributed by atoms with Gasteiger partial charge in [0.1, 0.15) is 23.6 Å². The van der Waals surface area contributed by atoms with Crippen LogP contribution < -0.4 is 5.73 Å². The molecule has 3 aromatic rings. The van der Waals surface area contributed by atoms with Gasteiger partial charge in [0.2, 0.25) is 5.91 Å². The van der Waals surface area contributed by atoms with Gasteiger partial charge in [-0.05, 0) is 43.2 Å². The number of benzene rings is 1. The van der Waals surface area contributed by atoms with Crippen LogP contribution in [-0.4, -0.2) is 48.8 Å². The van der Waals surface area contributed by atoms with E-state index in [1.807, 2.05) is 4.68 Å². The summed E-state index contributed by atoms with van der Waals surface area (Å²) in [5, 5.41) is 15.0. The van der Waals surface area contributed by atoms with Crippen molar-refractivity contribution in [1.29, 1.82) is 0 Å². The number of aromatic nitrogens is 4. The fourth-order valence-electron chi connectivity index (χ4n) is 3.56. The Bertz CT molecular complexity index is 1010. The molecule has 1 saturated heterocycles. The first kappa shape index (κ1) is 17.0. The van der Waals surface area contributed by atoms with Crippen LogP contribution in [0.5, 0.6) is 5.75 Å². The van der Waals surface area contributed by atoms with Crippen molar-refractivity contribution in [1.82, 2.24) is 24.6 Å². The number of amides is 1. The molecule has 0 radical (unpaired) electrons. The fraction of sp³-hybridized carbons (Fsp3) is 0.263. The number of piperidine rings is 1. The number of nitrogens with zero attached hydrogens (tertiary/aromatic N) is 5. The van der Waals surface area contributed by atoms with Crippen molar-refractivity contribution >= 4 is 22.8 Å². The van der Waals surface area contributed by atoms with E-state index in [1.54, 1.807) is 29.2 Å². The number of fused-ring (bicyclic) bond motifs is 1. The van der Waals surface area contributed by atoms with Crippen LogP contribution in [0.1, 0.15) is 18.9 Å². The van der Waals surface area contributed by atoms with Gasteiger partial charge in [0.05, 0.1) is 11.4 Å². The molecule has 1 fully saturated rings. The first-order valence-electron chi connectivity index (χ1n) is 8.78. The Morgan fingerprint density at radius 1 is 1.30 bits per heavy atom. The molecule has 3 N–H and O–H groups in total. The summed E-state index contributed by atoms with van der Waals surface area (Å²) in [7, 11) is 0. The molecule has 0 aliphatic carbocycles. The van der Waals surface area contributed by atoms with Gasteiger partial charge in [-0.25, -0.2) is 14.6 Å². The van der Waals surface area contributed by atoms with E-state index in [1.165, 1.54) is 12.4 Å². The minimum Gasteiger partial charge on any atom is -0.508 e. The van der Waals surface area contributed by atoms with Crippen molar-refractivity contribution < 1.29 is 9.90 Å². The highest BCUT2D eigenvalue weighted by Crippen LogP contribution is 2.34. The normalized spacial score (nSPS) is 17.2. The highest BCUT2D eigenvalue weighted by Gasteiger charge is 2.27. The summed E-state index contributed by atoms with van der Waals surface area (Å²) in [5.74, 6) is 0.450. The van der Waals surface area contributed by atoms with Crippen molar-refractivity contribution in [2.45, 2.75) is 18.9 Å². The Kier molecular flexibility index (Phi) is 4.23. The second kappa shape index (κ2) is 6.71. The lowest BCUT2D eigenvalue weighted by atomic mass is 10.1. The Labute approximate surface area is 155 Å². The largest absolute Gasteiger partial charge is 0.508 e. The molecule has 4 rings (SSSR count). The Morgan fingerprint density at radius 3 is 2.81 bits per heavy atom. The molecule has 0 bridgehead atoms. The lowest BCUT2D eigenvalue weighted by Gasteiger charge is -2.32. The zero-order chi connectivity index (χ0) is 19.0. The standard InChI is InChI=1S/C19H20N6O2/c1-2-15(27)24-9-3-4-13(10-24)25-19-16(18(20)21-11-22-19)17(23-25)12-5-7-14(26)8-6-12/h2,5-8,11,13,26H,1,3-4,9-10H2,(H2,20,21,22)/t13-/m1/s1. The molecular formula is C19H20N6O2. The molecule has 2 aromatic heterocycles. The maximum Gasteiger partial charge on any atom is 0.246 e. The van der Waals surface area contributed by atoms with Gasteiger partial charge in [-0.3, -0.25) is 4.79 Å². The first-order valence-corrected chi connectivity index (χ1v) is 8.78. The summed E-state index contributed by atoms with van der Waals surface area (Å²) >= 11 is 0. The Hall–Kier alpha value is -3.42. The molecule has 138 valence electrons. The SMILES string of the molecule is C=CC(=O)N1CCC[C@@H](n2nc(-c3ccc(O)cc3)c3c(N)ncnc32)C1. The number of phenols is 1. The maximum atomic E-state index is 12.0. The molecule has 1 aliphatic rings. The van der Waals surface area contributed by atoms with Gasteiger partial charge in [0, 0.05) is 18.7 Å². The summed E-state index contributed by atoms with van der Waals surface area (Å²) in [4.78, 5) is 22.3. The number of aromatic hydroxyl groups is 1. The van der Waals surface area contributed by atoms with Gasteiger partial charge in [-0.2, -0.15) is 5.10 Å². The summed E-state index contributed by atoms with van der Waals surface area (Å²) < 4.78 is 1.85. The van der Waals surface area contributed by atoms with E-state index >= 15 is 0 Å². The van der Waals surface area contributed by atoms with Crippen molar-refractivity contribution in [3.63, 3.8) is 0 Å². The van der Waals surface area contributed by atoms with Crippen LogP contribution in [0.15, 0.2) is 43.2 Å². The third kappa shape index (κ3) is 2.99. The number of phenolic OH excluding ortho intramolecular Hbond substituents is 1. The highest BCUT2D eigenvalue weighted by molar-refractivity contribution is 5.98. The van der Waals surface area contributed by atoms with Crippen molar-refractivity contribution in [3.8, 4) is 17.0 Å². The minimum absolute atomic E-state index is 0.00897. The maximum absolute atomic E-state index is 12.0. The van der Waals surface area contributed by atoms with Gasteiger partial charge in [0.15, 0.2) is 5.65 Å². The van der Waals surface area contributed by atoms with Gasteiger partial charge in [0.25, 0.3) is 0 Å². The van der Waals surface area contributed by atoms with Crippen molar-refractivity contribution in [2.75, 3.05) is 18.8 Å². The van der Waals surface area contributed by atoms with Gasteiger partial charge in [-0.15, -0.1) is 0 Å². The van der Waals surface area contributed by atoms with Crippen LogP contribution >= 0.6 is 0 Å².